The summed E-state index contributed by atoms with van der Waals surface area (Å²) in [5.41, 5.74) is 10.6. The van der Waals surface area contributed by atoms with Crippen molar-refractivity contribution in [1.82, 2.24) is 10.2 Å². The van der Waals surface area contributed by atoms with Crippen LogP contribution in [-0.2, 0) is 4.74 Å². The number of allylic oxidation sites excluding steroid dienone is 4. The van der Waals surface area contributed by atoms with Crippen LogP contribution in [0.15, 0.2) is 35.5 Å². The normalized spacial score (nSPS) is 29.0. The average Bonchev–Trinajstić information content (AvgIpc) is 3.31. The minimum absolute atomic E-state index is 0.0442. The molecule has 3 aliphatic carbocycles. The third-order valence-electron chi connectivity index (χ3n) is 10.7. The molecule has 3 fully saturated rings. The van der Waals surface area contributed by atoms with Crippen molar-refractivity contribution in [3.05, 3.63) is 35.5 Å². The van der Waals surface area contributed by atoms with Crippen molar-refractivity contribution in [2.24, 2.45) is 34.8 Å². The van der Waals surface area contributed by atoms with Crippen LogP contribution in [0.4, 0.5) is 4.79 Å². The van der Waals surface area contributed by atoms with Gasteiger partial charge in [0.2, 0.25) is 5.65 Å². The van der Waals surface area contributed by atoms with Gasteiger partial charge < -0.3 is 20.7 Å². The maximum atomic E-state index is 11.1. The number of hydrogen-bond acceptors (Lipinski definition) is 4. The number of carbonyl (C=O) groups excluding carboxylic acids is 1. The zero-order chi connectivity index (χ0) is 30.5. The molecule has 0 aromatic rings. The van der Waals surface area contributed by atoms with Gasteiger partial charge in [-0.3, -0.25) is 4.79 Å². The van der Waals surface area contributed by atoms with Crippen LogP contribution >= 0.6 is 9.24 Å². The lowest BCUT2D eigenvalue weighted by molar-refractivity contribution is 0.0294. The molecule has 0 aromatic heterocycles. The molecule has 0 radical (unpaired) electrons. The minimum Gasteiger partial charge on any atom is -0.377 e. The van der Waals surface area contributed by atoms with Gasteiger partial charge in [0.25, 0.3) is 0 Å². The Labute approximate surface area is 261 Å². The average molecular weight is 602 g/mol. The van der Waals surface area contributed by atoms with Gasteiger partial charge in [0.15, 0.2) is 0 Å². The van der Waals surface area contributed by atoms with Gasteiger partial charge in [-0.15, -0.1) is 0 Å². The Kier molecular flexibility index (Phi) is 15.3. The minimum atomic E-state index is -0.0442. The molecule has 3 N–H and O–H groups in total. The topological polar surface area (TPSA) is 67.6 Å². The van der Waals surface area contributed by atoms with E-state index in [2.05, 4.69) is 65.9 Å². The number of ether oxygens (including phenoxy) is 1. The molecule has 3 aliphatic rings. The lowest BCUT2D eigenvalue weighted by Crippen LogP contribution is -2.36. The Balaban J connectivity index is 1.54. The summed E-state index contributed by atoms with van der Waals surface area (Å²) in [5, 5.41) is 2.86. The molecule has 1 amide bonds. The highest BCUT2D eigenvalue weighted by molar-refractivity contribution is 7.39. The van der Waals surface area contributed by atoms with Crippen LogP contribution in [-0.4, -0.2) is 56.0 Å². The van der Waals surface area contributed by atoms with E-state index in [1.165, 1.54) is 62.5 Å². The van der Waals surface area contributed by atoms with Gasteiger partial charge in [-0.05, 0) is 128 Å². The van der Waals surface area contributed by atoms with Crippen molar-refractivity contribution in [2.75, 3.05) is 39.3 Å². The standard InChI is InChI=1S/C36H64N3O2P/c1-27(2)10-6-11-29(4)33-17-18-34-30(12-7-19-36(33,34)5)14-15-31-26-32(16-13-28(31)3)41-25-24-39(22-8-20-37)23-9-21-38-35(40)42/h14-15,27,29,32-34H,3,6-13,16-26,37,42H2,1-2,4-5H3,(H,38,40)/b30-14+,31-15+/t29-,32?,33?,34?,36-/m1/s1. The predicted molar refractivity (Wildman–Crippen MR) is 183 cm³/mol. The third kappa shape index (κ3) is 10.9. The second kappa shape index (κ2) is 18.1. The second-order valence-electron chi connectivity index (χ2n) is 14.3. The quantitative estimate of drug-likeness (QED) is 0.130. The third-order valence-corrected chi connectivity index (χ3v) is 10.9. The van der Waals surface area contributed by atoms with Gasteiger partial charge in [-0.25, -0.2) is 0 Å². The number of carbonyl (C=O) groups is 1. The van der Waals surface area contributed by atoms with E-state index < -0.39 is 0 Å². The van der Waals surface area contributed by atoms with E-state index in [9.17, 15) is 4.79 Å². The molecule has 4 unspecified atom stereocenters. The van der Waals surface area contributed by atoms with Crippen molar-refractivity contribution in [3.8, 4) is 0 Å². The van der Waals surface area contributed by atoms with Crippen molar-refractivity contribution in [1.29, 1.82) is 0 Å². The van der Waals surface area contributed by atoms with Crippen molar-refractivity contribution >= 4 is 14.9 Å². The number of amides is 1. The number of nitrogens with one attached hydrogen (secondary N) is 1. The van der Waals surface area contributed by atoms with Crippen LogP contribution in [0.2, 0.25) is 0 Å². The first kappa shape index (κ1) is 35.5. The van der Waals surface area contributed by atoms with Crippen molar-refractivity contribution in [3.63, 3.8) is 0 Å². The Hall–Kier alpha value is -1.000. The van der Waals surface area contributed by atoms with E-state index >= 15 is 0 Å². The first-order valence-electron chi connectivity index (χ1n) is 17.3. The van der Waals surface area contributed by atoms with Crippen LogP contribution in [0, 0.1) is 29.1 Å². The first-order chi connectivity index (χ1) is 20.1. The van der Waals surface area contributed by atoms with E-state index in [0.29, 0.717) is 18.5 Å². The van der Waals surface area contributed by atoms with Crippen molar-refractivity contribution in [2.45, 2.75) is 117 Å². The zero-order valence-corrected chi connectivity index (χ0v) is 28.8. The van der Waals surface area contributed by atoms with Gasteiger partial charge >= 0.3 is 0 Å². The molecule has 5 nitrogen and oxygen atoms in total. The van der Waals surface area contributed by atoms with E-state index in [0.717, 1.165) is 82.0 Å². The molecule has 0 aliphatic heterocycles. The summed E-state index contributed by atoms with van der Waals surface area (Å²) in [6.45, 7) is 19.3. The van der Waals surface area contributed by atoms with Gasteiger partial charge in [0.05, 0.1) is 12.7 Å². The van der Waals surface area contributed by atoms with Crippen LogP contribution in [0.1, 0.15) is 111 Å². The number of nitrogens with zero attached hydrogens (tertiary/aromatic N) is 1. The second-order valence-corrected chi connectivity index (χ2v) is 14.8. The fourth-order valence-corrected chi connectivity index (χ4v) is 8.44. The van der Waals surface area contributed by atoms with Crippen LogP contribution < -0.4 is 11.1 Å². The Morgan fingerprint density at radius 1 is 1.12 bits per heavy atom. The van der Waals surface area contributed by atoms with Crippen molar-refractivity contribution < 1.29 is 9.53 Å². The number of fused-ring (bicyclic) bond motifs is 1. The van der Waals surface area contributed by atoms with Gasteiger partial charge in [0, 0.05) is 13.1 Å². The smallest absolute Gasteiger partial charge is 0.234 e. The lowest BCUT2D eigenvalue weighted by Gasteiger charge is -2.44. The fraction of sp³-hybridized carbons (Fsp3) is 0.806. The molecule has 240 valence electrons. The molecule has 0 spiro atoms. The highest BCUT2D eigenvalue weighted by Crippen LogP contribution is 2.60. The lowest BCUT2D eigenvalue weighted by atomic mass is 9.60. The highest BCUT2D eigenvalue weighted by atomic mass is 31.0. The van der Waals surface area contributed by atoms with Crippen LogP contribution in [0.3, 0.4) is 0 Å². The highest BCUT2D eigenvalue weighted by Gasteiger charge is 2.50. The SMILES string of the molecule is C=C1CCC(OCCN(CCCN)CCCNC(=O)P)C/C1=C\C=C1/CCC[C@@]2(C)C1CCC2[C@H](C)CCCC(C)C. The first-order valence-corrected chi connectivity index (χ1v) is 17.9. The number of hydrogen-bond donors (Lipinski definition) is 2. The van der Waals surface area contributed by atoms with E-state index in [1.807, 2.05) is 0 Å². The van der Waals surface area contributed by atoms with Crippen LogP contribution in [0.5, 0.6) is 0 Å². The molecule has 42 heavy (non-hydrogen) atoms. The molecule has 0 heterocycles. The molecule has 0 bridgehead atoms. The zero-order valence-electron chi connectivity index (χ0n) is 27.6. The number of rotatable bonds is 17. The molecule has 0 aromatic carbocycles. The Bertz CT molecular complexity index is 915. The van der Waals surface area contributed by atoms with E-state index in [4.69, 9.17) is 10.5 Å². The Morgan fingerprint density at radius 3 is 2.64 bits per heavy atom. The van der Waals surface area contributed by atoms with Gasteiger partial charge in [-0.1, -0.05) is 76.8 Å². The molecule has 6 heteroatoms. The largest absolute Gasteiger partial charge is 0.377 e. The van der Waals surface area contributed by atoms with E-state index in [1.54, 1.807) is 5.57 Å². The summed E-state index contributed by atoms with van der Waals surface area (Å²) in [5.74, 6) is 3.30. The summed E-state index contributed by atoms with van der Waals surface area (Å²) < 4.78 is 6.43. The molecule has 3 rings (SSSR count). The predicted octanol–water partition coefficient (Wildman–Crippen LogP) is 8.27. The fourth-order valence-electron chi connectivity index (χ4n) is 8.30. The maximum Gasteiger partial charge on any atom is 0.234 e. The Morgan fingerprint density at radius 2 is 1.90 bits per heavy atom. The maximum absolute atomic E-state index is 11.1. The van der Waals surface area contributed by atoms with Gasteiger partial charge in [-0.2, -0.15) is 0 Å². The molecule has 0 saturated heterocycles. The summed E-state index contributed by atoms with van der Waals surface area (Å²) in [4.78, 5) is 13.6. The summed E-state index contributed by atoms with van der Waals surface area (Å²) in [6, 6.07) is 0. The molecular weight excluding hydrogens is 537 g/mol. The number of nitrogens with two attached hydrogens (primary N) is 1. The van der Waals surface area contributed by atoms with Gasteiger partial charge in [0.1, 0.15) is 0 Å². The summed E-state index contributed by atoms with van der Waals surface area (Å²) in [7, 11) is 2.18. The van der Waals surface area contributed by atoms with E-state index in [-0.39, 0.29) is 11.8 Å². The molecule has 3 saturated carbocycles. The summed E-state index contributed by atoms with van der Waals surface area (Å²) >= 11 is 0. The monoisotopic (exact) mass is 601 g/mol. The van der Waals surface area contributed by atoms with Crippen LogP contribution in [0.25, 0.3) is 0 Å². The summed E-state index contributed by atoms with van der Waals surface area (Å²) in [6.07, 6.45) is 21.2. The molecular formula is C36H64N3O2P. The molecule has 6 atom stereocenters.